The van der Waals surface area contributed by atoms with Crippen molar-refractivity contribution in [2.75, 3.05) is 13.2 Å². The second-order valence-electron chi connectivity index (χ2n) is 2.34. The second kappa shape index (κ2) is 4.37. The maximum atomic E-state index is 8.50. The molecule has 12 heavy (non-hydrogen) atoms. The van der Waals surface area contributed by atoms with Gasteiger partial charge in [0.25, 0.3) is 0 Å². The van der Waals surface area contributed by atoms with Gasteiger partial charge in [-0.3, -0.25) is 0 Å². The fourth-order valence-corrected chi connectivity index (χ4v) is 0.816. The van der Waals surface area contributed by atoms with Crippen molar-refractivity contribution >= 4 is 0 Å². The minimum absolute atomic E-state index is 0.617. The van der Waals surface area contributed by atoms with Crippen molar-refractivity contribution in [1.29, 1.82) is 5.26 Å². The Hall–Kier alpha value is -1.53. The van der Waals surface area contributed by atoms with Crippen molar-refractivity contribution in [1.82, 2.24) is 0 Å². The first kappa shape index (κ1) is 8.57. The topological polar surface area (TPSA) is 60.7 Å². The molecule has 3 nitrogen and oxygen atoms in total. The van der Waals surface area contributed by atoms with Gasteiger partial charge in [-0.2, -0.15) is 5.26 Å². The fourth-order valence-electron chi connectivity index (χ4n) is 0.816. The lowest BCUT2D eigenvalue weighted by Gasteiger charge is -2.01. The highest BCUT2D eigenvalue weighted by molar-refractivity contribution is 5.34. The largest absolute Gasteiger partial charge is 0.488 e. The first-order valence-electron chi connectivity index (χ1n) is 3.79. The quantitative estimate of drug-likeness (QED) is 0.690. The predicted octanol–water partition coefficient (Wildman–Crippen LogP) is 0.179. The van der Waals surface area contributed by atoms with Crippen LogP contribution in [-0.4, -0.2) is 13.2 Å². The Morgan fingerprint density at radius 2 is 2.00 bits per heavy atom. The van der Waals surface area contributed by atoms with E-state index in [4.69, 9.17) is 10.00 Å². The summed E-state index contributed by atoms with van der Waals surface area (Å²) >= 11 is 0. The highest BCUT2D eigenvalue weighted by atomic mass is 16.5. The standard InChI is InChI=1S/C9H10N2O/c10-5-6-12-9-3-1-8(7-11)2-4-9/h1-4H,5-6,10H2/p+1. The summed E-state index contributed by atoms with van der Waals surface area (Å²) in [6.07, 6.45) is 0. The lowest BCUT2D eigenvalue weighted by molar-refractivity contribution is -0.370. The molecule has 62 valence electrons. The molecule has 0 aliphatic rings. The zero-order valence-electron chi connectivity index (χ0n) is 6.79. The van der Waals surface area contributed by atoms with Gasteiger partial charge in [-0.25, -0.2) is 0 Å². The fraction of sp³-hybridized carbons (Fsp3) is 0.222. The number of nitriles is 1. The van der Waals surface area contributed by atoms with Gasteiger partial charge >= 0.3 is 0 Å². The normalized spacial score (nSPS) is 9.00. The van der Waals surface area contributed by atoms with E-state index in [2.05, 4.69) is 5.73 Å². The van der Waals surface area contributed by atoms with Gasteiger partial charge < -0.3 is 10.5 Å². The molecule has 1 aromatic rings. The van der Waals surface area contributed by atoms with Gasteiger partial charge in [0.1, 0.15) is 18.9 Å². The lowest BCUT2D eigenvalue weighted by Crippen LogP contribution is -2.52. The van der Waals surface area contributed by atoms with Crippen LogP contribution >= 0.6 is 0 Å². The van der Waals surface area contributed by atoms with Crippen LogP contribution in [0.25, 0.3) is 0 Å². The molecule has 0 amide bonds. The molecule has 0 fully saturated rings. The second-order valence-corrected chi connectivity index (χ2v) is 2.34. The van der Waals surface area contributed by atoms with Crippen molar-refractivity contribution in [3.05, 3.63) is 29.8 Å². The van der Waals surface area contributed by atoms with E-state index in [0.29, 0.717) is 12.2 Å². The maximum Gasteiger partial charge on any atom is 0.137 e. The Bertz CT molecular complexity index is 274. The monoisotopic (exact) mass is 163 g/mol. The number of ether oxygens (including phenoxy) is 1. The third-order valence-corrected chi connectivity index (χ3v) is 1.40. The molecule has 0 heterocycles. The van der Waals surface area contributed by atoms with E-state index < -0.39 is 0 Å². The number of rotatable bonds is 3. The van der Waals surface area contributed by atoms with Crippen LogP contribution in [0.3, 0.4) is 0 Å². The summed E-state index contributed by atoms with van der Waals surface area (Å²) in [5, 5.41) is 8.50. The molecule has 3 N–H and O–H groups in total. The van der Waals surface area contributed by atoms with E-state index in [1.165, 1.54) is 0 Å². The van der Waals surface area contributed by atoms with Crippen LogP contribution < -0.4 is 10.5 Å². The van der Waals surface area contributed by atoms with Gasteiger partial charge in [0.05, 0.1) is 11.6 Å². The minimum Gasteiger partial charge on any atom is -0.488 e. The Morgan fingerprint density at radius 1 is 1.33 bits per heavy atom. The van der Waals surface area contributed by atoms with Crippen LogP contribution in [0.4, 0.5) is 0 Å². The summed E-state index contributed by atoms with van der Waals surface area (Å²) < 4.78 is 5.28. The van der Waals surface area contributed by atoms with E-state index in [9.17, 15) is 0 Å². The number of nitrogens with zero attached hydrogens (tertiary/aromatic N) is 1. The summed E-state index contributed by atoms with van der Waals surface area (Å²) in [6.45, 7) is 1.37. The minimum atomic E-state index is 0.617. The van der Waals surface area contributed by atoms with Crippen LogP contribution in [-0.2, 0) is 0 Å². The Morgan fingerprint density at radius 3 is 2.50 bits per heavy atom. The molecule has 1 rings (SSSR count). The third-order valence-electron chi connectivity index (χ3n) is 1.40. The molecule has 0 radical (unpaired) electrons. The van der Waals surface area contributed by atoms with E-state index in [1.54, 1.807) is 24.3 Å². The van der Waals surface area contributed by atoms with Crippen molar-refractivity contribution in [3.8, 4) is 11.8 Å². The molecule has 3 heteroatoms. The molecule has 0 atom stereocenters. The molecule has 1 aromatic carbocycles. The molecule has 0 spiro atoms. The first-order chi connectivity index (χ1) is 5.86. The van der Waals surface area contributed by atoms with Gasteiger partial charge in [-0.15, -0.1) is 0 Å². The van der Waals surface area contributed by atoms with Gasteiger partial charge in [0.15, 0.2) is 0 Å². The molecule has 0 aromatic heterocycles. The molecule has 0 saturated carbocycles. The maximum absolute atomic E-state index is 8.50. The molecule has 0 unspecified atom stereocenters. The molecule has 0 aliphatic heterocycles. The van der Waals surface area contributed by atoms with E-state index in [-0.39, 0.29) is 0 Å². The average molecular weight is 163 g/mol. The molecular weight excluding hydrogens is 152 g/mol. The first-order valence-corrected chi connectivity index (χ1v) is 3.79. The van der Waals surface area contributed by atoms with E-state index >= 15 is 0 Å². The third kappa shape index (κ3) is 2.26. The van der Waals surface area contributed by atoms with Crippen molar-refractivity contribution in [2.45, 2.75) is 0 Å². The van der Waals surface area contributed by atoms with E-state index in [0.717, 1.165) is 12.3 Å². The van der Waals surface area contributed by atoms with Gasteiger partial charge in [-0.1, -0.05) is 0 Å². The highest BCUT2D eigenvalue weighted by Crippen LogP contribution is 2.10. The molecule has 0 aliphatic carbocycles. The van der Waals surface area contributed by atoms with Gasteiger partial charge in [-0.05, 0) is 24.3 Å². The molecule has 0 bridgehead atoms. The summed E-state index contributed by atoms with van der Waals surface area (Å²) in [6, 6.07) is 9.08. The highest BCUT2D eigenvalue weighted by Gasteiger charge is 1.93. The van der Waals surface area contributed by atoms with Crippen molar-refractivity contribution in [2.24, 2.45) is 0 Å². The summed E-state index contributed by atoms with van der Waals surface area (Å²) in [5.41, 5.74) is 4.31. The van der Waals surface area contributed by atoms with Crippen molar-refractivity contribution in [3.63, 3.8) is 0 Å². The number of hydrogen-bond acceptors (Lipinski definition) is 2. The zero-order chi connectivity index (χ0) is 8.81. The van der Waals surface area contributed by atoms with Gasteiger partial charge in [0, 0.05) is 0 Å². The SMILES string of the molecule is N#Cc1ccc(OCC[NH3+])cc1. The number of benzene rings is 1. The number of hydrogen-bond donors (Lipinski definition) is 1. The number of quaternary nitrogens is 1. The van der Waals surface area contributed by atoms with Crippen molar-refractivity contribution < 1.29 is 10.5 Å². The lowest BCUT2D eigenvalue weighted by atomic mass is 10.2. The average Bonchev–Trinajstić information content (AvgIpc) is 2.15. The van der Waals surface area contributed by atoms with Crippen LogP contribution in [0.1, 0.15) is 5.56 Å². The Kier molecular flexibility index (Phi) is 3.12. The van der Waals surface area contributed by atoms with E-state index in [1.807, 2.05) is 6.07 Å². The Labute approximate surface area is 71.4 Å². The molecular formula is C9H11N2O+. The smallest absolute Gasteiger partial charge is 0.137 e. The Balaban J connectivity index is 2.60. The summed E-state index contributed by atoms with van der Waals surface area (Å²) in [5.74, 6) is 0.789. The van der Waals surface area contributed by atoms with Crippen LogP contribution in [0.5, 0.6) is 5.75 Å². The zero-order valence-corrected chi connectivity index (χ0v) is 6.79. The predicted molar refractivity (Wildman–Crippen MR) is 44.4 cm³/mol. The summed E-state index contributed by atoms with van der Waals surface area (Å²) in [7, 11) is 0. The van der Waals surface area contributed by atoms with Gasteiger partial charge in [0.2, 0.25) is 0 Å². The summed E-state index contributed by atoms with van der Waals surface area (Å²) in [4.78, 5) is 0. The van der Waals surface area contributed by atoms with Crippen LogP contribution in [0.2, 0.25) is 0 Å². The van der Waals surface area contributed by atoms with Crippen LogP contribution in [0.15, 0.2) is 24.3 Å². The van der Waals surface area contributed by atoms with Crippen LogP contribution in [0, 0.1) is 11.3 Å². The molecule has 0 saturated heterocycles.